The van der Waals surface area contributed by atoms with Gasteiger partial charge in [-0.2, -0.15) is 0 Å². The third-order valence-corrected chi connectivity index (χ3v) is 3.19. The van der Waals surface area contributed by atoms with Crippen molar-refractivity contribution in [2.24, 2.45) is 23.7 Å². The van der Waals surface area contributed by atoms with Crippen molar-refractivity contribution in [1.82, 2.24) is 0 Å². The van der Waals surface area contributed by atoms with E-state index in [1.807, 2.05) is 19.9 Å². The van der Waals surface area contributed by atoms with Gasteiger partial charge in [-0.3, -0.25) is 9.59 Å². The van der Waals surface area contributed by atoms with Gasteiger partial charge in [0, 0.05) is 0 Å². The Morgan fingerprint density at radius 3 is 2.20 bits per heavy atom. The average Bonchev–Trinajstić information content (AvgIpc) is 2.16. The van der Waals surface area contributed by atoms with Crippen LogP contribution < -0.4 is 0 Å². The fraction of sp³-hybridized carbons (Fsp3) is 0.636. The van der Waals surface area contributed by atoms with E-state index in [1.165, 1.54) is 6.08 Å². The molecule has 0 heterocycles. The molecule has 0 amide bonds. The molecule has 0 fully saturated rings. The van der Waals surface area contributed by atoms with E-state index in [4.69, 9.17) is 10.2 Å². The van der Waals surface area contributed by atoms with E-state index in [0.29, 0.717) is 6.42 Å². The zero-order valence-corrected chi connectivity index (χ0v) is 8.88. The third-order valence-electron chi connectivity index (χ3n) is 3.19. The molecule has 84 valence electrons. The summed E-state index contributed by atoms with van der Waals surface area (Å²) in [5.74, 6) is -3.70. The van der Waals surface area contributed by atoms with Crippen LogP contribution in [0.2, 0.25) is 0 Å². The Morgan fingerprint density at radius 2 is 1.80 bits per heavy atom. The number of allylic oxidation sites excluding steroid dienone is 1. The van der Waals surface area contributed by atoms with E-state index in [1.54, 1.807) is 0 Å². The minimum atomic E-state index is -1.05. The third kappa shape index (κ3) is 2.19. The van der Waals surface area contributed by atoms with Crippen LogP contribution in [0.15, 0.2) is 12.2 Å². The van der Waals surface area contributed by atoms with Gasteiger partial charge in [-0.25, -0.2) is 0 Å². The average molecular weight is 212 g/mol. The number of hydrogen-bond acceptors (Lipinski definition) is 2. The van der Waals surface area contributed by atoms with Crippen LogP contribution in [-0.4, -0.2) is 22.2 Å². The second-order valence-electron chi connectivity index (χ2n) is 4.04. The van der Waals surface area contributed by atoms with Crippen LogP contribution >= 0.6 is 0 Å². The summed E-state index contributed by atoms with van der Waals surface area (Å²) in [6.45, 7) is 3.83. The molecular weight excluding hydrogens is 196 g/mol. The lowest BCUT2D eigenvalue weighted by atomic mass is 9.70. The van der Waals surface area contributed by atoms with Crippen molar-refractivity contribution in [2.75, 3.05) is 0 Å². The molecular formula is C11H16O4. The summed E-state index contributed by atoms with van der Waals surface area (Å²) in [6.07, 6.45) is 4.01. The molecule has 1 rings (SSSR count). The highest BCUT2D eigenvalue weighted by molar-refractivity contribution is 5.82. The van der Waals surface area contributed by atoms with Crippen molar-refractivity contribution in [3.63, 3.8) is 0 Å². The van der Waals surface area contributed by atoms with E-state index < -0.39 is 23.8 Å². The molecule has 0 saturated carbocycles. The second kappa shape index (κ2) is 4.47. The van der Waals surface area contributed by atoms with Crippen LogP contribution in [0.4, 0.5) is 0 Å². The number of hydrogen-bond donors (Lipinski definition) is 2. The molecule has 1 aliphatic rings. The van der Waals surface area contributed by atoms with Gasteiger partial charge in [0.1, 0.15) is 0 Å². The molecule has 1 aliphatic carbocycles. The maximum absolute atomic E-state index is 11.1. The molecule has 4 heteroatoms. The van der Waals surface area contributed by atoms with Crippen molar-refractivity contribution in [2.45, 2.75) is 20.3 Å². The smallest absolute Gasteiger partial charge is 0.311 e. The van der Waals surface area contributed by atoms with Gasteiger partial charge in [-0.05, 0) is 11.8 Å². The van der Waals surface area contributed by atoms with Gasteiger partial charge >= 0.3 is 11.9 Å². The van der Waals surface area contributed by atoms with E-state index in [-0.39, 0.29) is 11.8 Å². The molecule has 0 spiro atoms. The highest BCUT2D eigenvalue weighted by Gasteiger charge is 2.41. The molecule has 0 saturated heterocycles. The fourth-order valence-corrected chi connectivity index (χ4v) is 2.35. The van der Waals surface area contributed by atoms with Gasteiger partial charge in [0.2, 0.25) is 0 Å². The van der Waals surface area contributed by atoms with Gasteiger partial charge in [-0.15, -0.1) is 0 Å². The Hall–Kier alpha value is -1.32. The molecule has 0 aromatic carbocycles. The summed E-state index contributed by atoms with van der Waals surface area (Å²) < 4.78 is 0. The fourth-order valence-electron chi connectivity index (χ4n) is 2.35. The molecule has 15 heavy (non-hydrogen) atoms. The first kappa shape index (κ1) is 11.8. The zero-order valence-electron chi connectivity index (χ0n) is 8.88. The highest BCUT2D eigenvalue weighted by Crippen LogP contribution is 2.36. The van der Waals surface area contributed by atoms with Crippen molar-refractivity contribution in [1.29, 1.82) is 0 Å². The predicted molar refractivity (Wildman–Crippen MR) is 54.3 cm³/mol. The molecule has 2 N–H and O–H groups in total. The lowest BCUT2D eigenvalue weighted by Crippen LogP contribution is -2.39. The Kier molecular flexibility index (Phi) is 3.50. The second-order valence-corrected chi connectivity index (χ2v) is 4.04. The van der Waals surface area contributed by atoms with Crippen LogP contribution in [0.1, 0.15) is 20.3 Å². The molecule has 0 aromatic heterocycles. The molecule has 4 unspecified atom stereocenters. The van der Waals surface area contributed by atoms with Crippen LogP contribution in [0, 0.1) is 23.7 Å². The maximum Gasteiger partial charge on any atom is 0.311 e. The molecule has 4 atom stereocenters. The first-order valence-electron chi connectivity index (χ1n) is 5.13. The van der Waals surface area contributed by atoms with E-state index in [2.05, 4.69) is 0 Å². The molecule has 0 aliphatic heterocycles. The quantitative estimate of drug-likeness (QED) is 0.697. The van der Waals surface area contributed by atoms with Gasteiger partial charge in [-0.1, -0.05) is 32.4 Å². The van der Waals surface area contributed by atoms with Gasteiger partial charge < -0.3 is 10.2 Å². The SMILES string of the molecule is CCC1C(C)C=CC(C(=O)O)C1C(=O)O. The van der Waals surface area contributed by atoms with Crippen LogP contribution in [0.5, 0.6) is 0 Å². The van der Waals surface area contributed by atoms with Crippen LogP contribution in [0.25, 0.3) is 0 Å². The molecule has 4 nitrogen and oxygen atoms in total. The molecule has 0 radical (unpaired) electrons. The number of aliphatic carboxylic acids is 2. The number of carbonyl (C=O) groups is 2. The monoisotopic (exact) mass is 212 g/mol. The van der Waals surface area contributed by atoms with Crippen molar-refractivity contribution in [3.05, 3.63) is 12.2 Å². The van der Waals surface area contributed by atoms with Crippen LogP contribution in [-0.2, 0) is 9.59 Å². The summed E-state index contributed by atoms with van der Waals surface area (Å²) >= 11 is 0. The van der Waals surface area contributed by atoms with E-state index in [9.17, 15) is 9.59 Å². The molecule has 0 aromatic rings. The van der Waals surface area contributed by atoms with E-state index in [0.717, 1.165) is 0 Å². The van der Waals surface area contributed by atoms with Crippen molar-refractivity contribution >= 4 is 11.9 Å². The van der Waals surface area contributed by atoms with Crippen molar-refractivity contribution in [3.8, 4) is 0 Å². The Balaban J connectivity index is 3.04. The van der Waals surface area contributed by atoms with Crippen molar-refractivity contribution < 1.29 is 19.8 Å². The van der Waals surface area contributed by atoms with Gasteiger partial charge in [0.05, 0.1) is 11.8 Å². The summed E-state index contributed by atoms with van der Waals surface area (Å²) in [4.78, 5) is 22.0. The van der Waals surface area contributed by atoms with Crippen LogP contribution in [0.3, 0.4) is 0 Å². The summed E-state index contributed by atoms with van der Waals surface area (Å²) in [7, 11) is 0. The lowest BCUT2D eigenvalue weighted by Gasteiger charge is -2.33. The highest BCUT2D eigenvalue weighted by atomic mass is 16.4. The summed E-state index contributed by atoms with van der Waals surface area (Å²) in [6, 6.07) is 0. The van der Waals surface area contributed by atoms with Gasteiger partial charge in [0.15, 0.2) is 0 Å². The Bertz CT molecular complexity index is 295. The van der Waals surface area contributed by atoms with Gasteiger partial charge in [0.25, 0.3) is 0 Å². The normalized spacial score (nSPS) is 35.1. The lowest BCUT2D eigenvalue weighted by molar-refractivity contribution is -0.155. The zero-order chi connectivity index (χ0) is 11.6. The predicted octanol–water partition coefficient (Wildman–Crippen LogP) is 1.62. The Morgan fingerprint density at radius 1 is 1.20 bits per heavy atom. The number of rotatable bonds is 3. The first-order chi connectivity index (χ1) is 6.99. The number of carboxylic acids is 2. The first-order valence-corrected chi connectivity index (χ1v) is 5.13. The largest absolute Gasteiger partial charge is 0.481 e. The maximum atomic E-state index is 11.1. The minimum Gasteiger partial charge on any atom is -0.481 e. The minimum absolute atomic E-state index is 0.0893. The number of carboxylic acid groups (broad SMARTS) is 2. The van der Waals surface area contributed by atoms with E-state index >= 15 is 0 Å². The molecule has 0 bridgehead atoms. The standard InChI is InChI=1S/C11H16O4/c1-3-7-6(2)4-5-8(10(12)13)9(7)11(14)15/h4-9H,3H2,1-2H3,(H,12,13)(H,14,15). The topological polar surface area (TPSA) is 74.6 Å². The summed E-state index contributed by atoms with van der Waals surface area (Å²) in [5.41, 5.74) is 0. The summed E-state index contributed by atoms with van der Waals surface area (Å²) in [5, 5.41) is 18.0. The Labute approximate surface area is 88.6 Å².